The Morgan fingerprint density at radius 3 is 2.16 bits per heavy atom. The highest BCUT2D eigenvalue weighted by molar-refractivity contribution is 6.99. The summed E-state index contributed by atoms with van der Waals surface area (Å²) in [6.07, 6.45) is 16.7. The lowest BCUT2D eigenvalue weighted by Gasteiger charge is -2.45. The van der Waals surface area contributed by atoms with Crippen molar-refractivity contribution in [1.82, 2.24) is 0 Å². The molecule has 0 radical (unpaired) electrons. The average Bonchev–Trinajstić information content (AvgIpc) is 3.55. The highest BCUT2D eigenvalue weighted by atomic mass is 28.4. The second-order valence-electron chi connectivity index (χ2n) is 13.3. The van der Waals surface area contributed by atoms with Crippen molar-refractivity contribution in [3.63, 3.8) is 0 Å². The number of ketones is 1. The summed E-state index contributed by atoms with van der Waals surface area (Å²) in [4.78, 5) is 25.5. The quantitative estimate of drug-likeness (QED) is 0.0849. The van der Waals surface area contributed by atoms with Crippen molar-refractivity contribution in [3.05, 3.63) is 85.0 Å². The fraction of sp³-hybridized carbons (Fsp3) is 0.526. The number of Topliss-reactive ketones (excluding diaryl/α,β-unsaturated/α-hetero) is 1. The molecule has 0 spiro atoms. The molecule has 4 nitrogen and oxygen atoms in total. The first-order chi connectivity index (χ1) is 20.7. The number of benzene rings is 2. The summed E-state index contributed by atoms with van der Waals surface area (Å²) in [5.74, 6) is 0.763. The van der Waals surface area contributed by atoms with Gasteiger partial charge in [0.15, 0.2) is 0 Å². The summed E-state index contributed by atoms with van der Waals surface area (Å²) in [5, 5.41) is 2.42. The molecule has 5 heteroatoms. The van der Waals surface area contributed by atoms with Gasteiger partial charge in [-0.05, 0) is 53.9 Å². The van der Waals surface area contributed by atoms with Crippen molar-refractivity contribution in [3.8, 4) is 0 Å². The molecule has 232 valence electrons. The molecule has 2 fully saturated rings. The van der Waals surface area contributed by atoms with E-state index in [-0.39, 0.29) is 34.4 Å². The van der Waals surface area contributed by atoms with E-state index < -0.39 is 8.32 Å². The molecule has 2 saturated carbocycles. The largest absolute Gasteiger partial charge is 0.466 e. The summed E-state index contributed by atoms with van der Waals surface area (Å²) < 4.78 is 12.6. The Morgan fingerprint density at radius 1 is 0.930 bits per heavy atom. The molecule has 4 rings (SSSR count). The molecule has 0 aromatic heterocycles. The molecule has 0 saturated heterocycles. The number of rotatable bonds is 16. The van der Waals surface area contributed by atoms with Crippen molar-refractivity contribution in [2.45, 2.75) is 104 Å². The topological polar surface area (TPSA) is 52.6 Å². The summed E-state index contributed by atoms with van der Waals surface area (Å²) >= 11 is 0. The van der Waals surface area contributed by atoms with E-state index in [0.29, 0.717) is 25.2 Å². The van der Waals surface area contributed by atoms with E-state index in [0.717, 1.165) is 44.9 Å². The Balaban J connectivity index is 1.55. The van der Waals surface area contributed by atoms with Gasteiger partial charge in [-0.3, -0.25) is 9.59 Å². The van der Waals surface area contributed by atoms with Crippen LogP contribution in [0.4, 0.5) is 0 Å². The van der Waals surface area contributed by atoms with Crippen LogP contribution in [0.15, 0.2) is 85.0 Å². The van der Waals surface area contributed by atoms with Gasteiger partial charge < -0.3 is 9.16 Å². The number of unbranched alkanes of at least 4 members (excludes halogenated alkanes) is 3. The van der Waals surface area contributed by atoms with E-state index in [1.54, 1.807) is 0 Å². The number of hydrogen-bond acceptors (Lipinski definition) is 4. The first-order valence-electron chi connectivity index (χ1n) is 16.5. The third-order valence-electron chi connectivity index (χ3n) is 9.55. The molecule has 43 heavy (non-hydrogen) atoms. The fourth-order valence-electron chi connectivity index (χ4n) is 7.51. The number of hydrogen-bond donors (Lipinski definition) is 0. The van der Waals surface area contributed by atoms with E-state index in [2.05, 4.69) is 113 Å². The van der Waals surface area contributed by atoms with Crippen LogP contribution in [0.2, 0.25) is 5.04 Å². The molecule has 2 aliphatic rings. The van der Waals surface area contributed by atoms with Crippen molar-refractivity contribution in [1.29, 1.82) is 0 Å². The summed E-state index contributed by atoms with van der Waals surface area (Å²) in [5.41, 5.74) is -0.273. The summed E-state index contributed by atoms with van der Waals surface area (Å²) in [6.45, 7) is 11.4. The van der Waals surface area contributed by atoms with Crippen molar-refractivity contribution >= 4 is 30.4 Å². The number of carbonyl (C=O) groups is 2. The van der Waals surface area contributed by atoms with Gasteiger partial charge in [-0.1, -0.05) is 132 Å². The number of allylic oxidation sites excluding steroid dienone is 4. The normalized spacial score (nSPS) is 23.7. The van der Waals surface area contributed by atoms with Crippen LogP contribution in [0.1, 0.15) is 92.4 Å². The molecule has 4 atom stereocenters. The smallest absolute Gasteiger partial charge is 0.305 e. The van der Waals surface area contributed by atoms with E-state index in [1.165, 1.54) is 10.4 Å². The minimum Gasteiger partial charge on any atom is -0.466 e. The molecule has 0 amide bonds. The minimum atomic E-state index is -2.75. The van der Waals surface area contributed by atoms with Gasteiger partial charge in [-0.15, -0.1) is 0 Å². The second-order valence-corrected chi connectivity index (χ2v) is 17.6. The molecule has 0 heterocycles. The van der Waals surface area contributed by atoms with Gasteiger partial charge in [0.1, 0.15) is 5.78 Å². The number of ether oxygens (including phenoxy) is 1. The van der Waals surface area contributed by atoms with Crippen molar-refractivity contribution < 1.29 is 18.8 Å². The van der Waals surface area contributed by atoms with Gasteiger partial charge in [-0.2, -0.15) is 0 Å². The first-order valence-corrected chi connectivity index (χ1v) is 18.4. The van der Waals surface area contributed by atoms with Gasteiger partial charge in [0.25, 0.3) is 8.32 Å². The Bertz CT molecular complexity index is 1210. The minimum absolute atomic E-state index is 0.0755. The van der Waals surface area contributed by atoms with Gasteiger partial charge in [0.2, 0.25) is 0 Å². The van der Waals surface area contributed by atoms with Gasteiger partial charge >= 0.3 is 5.97 Å². The van der Waals surface area contributed by atoms with Crippen LogP contribution in [0.3, 0.4) is 0 Å². The van der Waals surface area contributed by atoms with E-state index >= 15 is 0 Å². The predicted octanol–water partition coefficient (Wildman–Crippen LogP) is 7.95. The second kappa shape index (κ2) is 14.8. The lowest BCUT2D eigenvalue weighted by molar-refractivity contribution is -0.143. The molecule has 0 N–H and O–H groups in total. The fourth-order valence-corrected chi connectivity index (χ4v) is 12.2. The zero-order valence-corrected chi connectivity index (χ0v) is 28.0. The lowest BCUT2D eigenvalue weighted by atomic mass is 9.91. The molecule has 0 bridgehead atoms. The van der Waals surface area contributed by atoms with Gasteiger partial charge in [0, 0.05) is 24.2 Å². The van der Waals surface area contributed by atoms with Crippen molar-refractivity contribution in [2.75, 3.05) is 6.61 Å². The number of carbonyl (C=O) groups excluding carboxylic acids is 2. The Kier molecular flexibility index (Phi) is 11.4. The van der Waals surface area contributed by atoms with Crippen LogP contribution in [-0.4, -0.2) is 32.8 Å². The summed E-state index contributed by atoms with van der Waals surface area (Å²) in [6, 6.07) is 21.6. The van der Waals surface area contributed by atoms with Crippen LogP contribution >= 0.6 is 0 Å². The maximum absolute atomic E-state index is 13.9. The zero-order chi connectivity index (χ0) is 30.9. The Hall–Kier alpha value is -2.76. The first kappa shape index (κ1) is 33.1. The van der Waals surface area contributed by atoms with Crippen LogP contribution in [0.5, 0.6) is 0 Å². The third kappa shape index (κ3) is 7.15. The number of fused-ring (bicyclic) bond motifs is 1. The lowest BCUT2D eigenvalue weighted by Crippen LogP contribution is -2.67. The average molecular weight is 601 g/mol. The molecular weight excluding hydrogens is 549 g/mol. The highest BCUT2D eigenvalue weighted by Crippen LogP contribution is 2.70. The molecule has 2 aromatic rings. The van der Waals surface area contributed by atoms with Crippen LogP contribution in [-0.2, 0) is 18.8 Å². The monoisotopic (exact) mass is 600 g/mol. The molecule has 2 aliphatic carbocycles. The number of esters is 1. The molecule has 0 aliphatic heterocycles. The van der Waals surface area contributed by atoms with E-state index in [9.17, 15) is 9.59 Å². The van der Waals surface area contributed by atoms with E-state index in [4.69, 9.17) is 9.16 Å². The maximum atomic E-state index is 13.9. The SMILES string of the molecule is CCCCC[C@]12C(=O)C[C@H](O[Si](c3ccccc3)(c3ccccc3)C(C)(C)C)[C@H]1[C@@H]2/C=C\C/C=C\CCCC(=O)OCC. The Morgan fingerprint density at radius 2 is 1.58 bits per heavy atom. The Labute approximate surface area is 261 Å². The predicted molar refractivity (Wildman–Crippen MR) is 179 cm³/mol. The van der Waals surface area contributed by atoms with E-state index in [1.807, 2.05) is 6.92 Å². The highest BCUT2D eigenvalue weighted by Gasteiger charge is 2.74. The third-order valence-corrected chi connectivity index (χ3v) is 14.6. The van der Waals surface area contributed by atoms with Gasteiger partial charge in [0.05, 0.1) is 12.7 Å². The summed E-state index contributed by atoms with van der Waals surface area (Å²) in [7, 11) is -2.75. The van der Waals surface area contributed by atoms with Crippen LogP contribution in [0.25, 0.3) is 0 Å². The van der Waals surface area contributed by atoms with Gasteiger partial charge in [-0.25, -0.2) is 0 Å². The standard InChI is InChI=1S/C38H52O4Si/c1-6-8-21-28-38-32(26-19-11-9-10-12-20-27-35(40)41-7-2)36(38)33(29-34(38)39)42-43(37(3,4)5,30-22-15-13-16-23-30)31-24-17-14-18-25-31/h9-10,13-19,22-26,32-33,36H,6-8,11-12,20-21,27-29H2,1-5H3/b10-9-,26-19-/t32-,33-,36+,38-/m0/s1. The molecule has 0 unspecified atom stereocenters. The zero-order valence-electron chi connectivity index (χ0n) is 27.0. The maximum Gasteiger partial charge on any atom is 0.305 e. The van der Waals surface area contributed by atoms with Crippen LogP contribution < -0.4 is 10.4 Å². The molecular formula is C38H52O4Si. The van der Waals surface area contributed by atoms with Crippen LogP contribution in [0, 0.1) is 17.3 Å². The molecule has 2 aromatic carbocycles. The van der Waals surface area contributed by atoms with Crippen molar-refractivity contribution in [2.24, 2.45) is 17.3 Å².